The molecular weight excluding hydrogens is 382 g/mol. The molecule has 0 radical (unpaired) electrons. The quantitative estimate of drug-likeness (QED) is 0.767. The predicted octanol–water partition coefficient (Wildman–Crippen LogP) is 1.44. The Labute approximate surface area is 176 Å². The molecule has 3 amide bonds. The molecule has 7 nitrogen and oxygen atoms in total. The fourth-order valence-electron chi connectivity index (χ4n) is 5.24. The molecule has 4 aliphatic heterocycles. The highest BCUT2D eigenvalue weighted by atomic mass is 16.5. The van der Waals surface area contributed by atoms with E-state index in [1.54, 1.807) is 9.80 Å². The Morgan fingerprint density at radius 3 is 2.70 bits per heavy atom. The normalized spacial score (nSPS) is 32.6. The fourth-order valence-corrected chi connectivity index (χ4v) is 5.24. The van der Waals surface area contributed by atoms with Crippen molar-refractivity contribution in [2.45, 2.75) is 37.9 Å². The highest BCUT2D eigenvalue weighted by Crippen LogP contribution is 2.53. The lowest BCUT2D eigenvalue weighted by Gasteiger charge is -2.29. The number of ether oxygens (including phenoxy) is 1. The van der Waals surface area contributed by atoms with Gasteiger partial charge in [-0.2, -0.15) is 0 Å². The maximum Gasteiger partial charge on any atom is 0.234 e. The zero-order valence-corrected chi connectivity index (χ0v) is 17.3. The third kappa shape index (κ3) is 2.87. The van der Waals surface area contributed by atoms with Crippen molar-refractivity contribution < 1.29 is 19.1 Å². The first-order chi connectivity index (χ1) is 14.4. The van der Waals surface area contributed by atoms with Crippen LogP contribution in [0.3, 0.4) is 0 Å². The first kappa shape index (κ1) is 19.3. The largest absolute Gasteiger partial charge is 0.360 e. The smallest absolute Gasteiger partial charge is 0.234 e. The molecule has 30 heavy (non-hydrogen) atoms. The van der Waals surface area contributed by atoms with Crippen LogP contribution in [0.5, 0.6) is 0 Å². The molecule has 0 saturated carbocycles. The highest BCUT2D eigenvalue weighted by molar-refractivity contribution is 6.03. The van der Waals surface area contributed by atoms with Gasteiger partial charge in [-0.05, 0) is 23.6 Å². The van der Waals surface area contributed by atoms with E-state index in [9.17, 15) is 14.4 Å². The summed E-state index contributed by atoms with van der Waals surface area (Å²) in [4.78, 5) is 42.0. The Balaban J connectivity index is 1.41. The predicted molar refractivity (Wildman–Crippen MR) is 111 cm³/mol. The van der Waals surface area contributed by atoms with Gasteiger partial charge in [0.2, 0.25) is 17.7 Å². The van der Waals surface area contributed by atoms with Crippen molar-refractivity contribution in [2.24, 2.45) is 11.8 Å². The molecule has 4 aliphatic rings. The zero-order valence-electron chi connectivity index (χ0n) is 17.3. The van der Waals surface area contributed by atoms with Crippen molar-refractivity contribution >= 4 is 23.4 Å². The first-order valence-corrected chi connectivity index (χ1v) is 10.7. The van der Waals surface area contributed by atoms with Crippen LogP contribution >= 0.6 is 0 Å². The Kier molecular flexibility index (Phi) is 4.47. The molecule has 5 rings (SSSR count). The average Bonchev–Trinajstić information content (AvgIpc) is 3.32. The van der Waals surface area contributed by atoms with Crippen molar-refractivity contribution in [1.82, 2.24) is 10.2 Å². The van der Waals surface area contributed by atoms with Crippen LogP contribution in [0.4, 0.5) is 5.69 Å². The molecule has 1 aromatic carbocycles. The van der Waals surface area contributed by atoms with Gasteiger partial charge in [0.1, 0.15) is 5.60 Å². The number of nitrogens with zero attached hydrogens (tertiary/aromatic N) is 2. The minimum absolute atomic E-state index is 0.0428. The lowest BCUT2D eigenvalue weighted by atomic mass is 9.76. The second kappa shape index (κ2) is 6.94. The summed E-state index contributed by atoms with van der Waals surface area (Å²) in [6.45, 7) is 5.99. The van der Waals surface area contributed by atoms with Gasteiger partial charge in [-0.3, -0.25) is 14.4 Å². The fraction of sp³-hybridized carbons (Fsp3) is 0.522. The van der Waals surface area contributed by atoms with Crippen molar-refractivity contribution in [3.8, 4) is 0 Å². The van der Waals surface area contributed by atoms with Crippen molar-refractivity contribution in [1.29, 1.82) is 0 Å². The average molecular weight is 409 g/mol. The van der Waals surface area contributed by atoms with Crippen molar-refractivity contribution in [3.63, 3.8) is 0 Å². The third-order valence-electron chi connectivity index (χ3n) is 6.88. The van der Waals surface area contributed by atoms with E-state index in [1.165, 1.54) is 5.56 Å². The zero-order chi connectivity index (χ0) is 21.0. The SMILES string of the molecule is CC(C)c1ccc(N2C[C@]34C=C[C@H](O3)[C@H](C(=O)N3CCNC(=O)CC3)[C@@H]4C2=O)cc1. The van der Waals surface area contributed by atoms with E-state index in [0.717, 1.165) is 5.69 Å². The van der Waals surface area contributed by atoms with E-state index in [4.69, 9.17) is 4.74 Å². The van der Waals surface area contributed by atoms with Gasteiger partial charge in [-0.1, -0.05) is 38.1 Å². The van der Waals surface area contributed by atoms with Gasteiger partial charge >= 0.3 is 0 Å². The van der Waals surface area contributed by atoms with Gasteiger partial charge in [0.25, 0.3) is 0 Å². The lowest BCUT2D eigenvalue weighted by molar-refractivity contribution is -0.140. The van der Waals surface area contributed by atoms with Gasteiger partial charge in [0.05, 0.1) is 24.5 Å². The van der Waals surface area contributed by atoms with E-state index in [2.05, 4.69) is 31.3 Å². The minimum atomic E-state index is -0.737. The molecule has 3 saturated heterocycles. The van der Waals surface area contributed by atoms with Crippen LogP contribution in [-0.4, -0.2) is 60.5 Å². The monoisotopic (exact) mass is 409 g/mol. The minimum Gasteiger partial charge on any atom is -0.360 e. The van der Waals surface area contributed by atoms with Gasteiger partial charge in [-0.15, -0.1) is 0 Å². The van der Waals surface area contributed by atoms with Gasteiger partial charge < -0.3 is 19.9 Å². The second-order valence-electron chi connectivity index (χ2n) is 9.00. The number of anilines is 1. The van der Waals surface area contributed by atoms with Crippen LogP contribution in [0.25, 0.3) is 0 Å². The number of nitrogens with one attached hydrogen (secondary N) is 1. The Bertz CT molecular complexity index is 925. The molecule has 0 aliphatic carbocycles. The number of hydrogen-bond donors (Lipinski definition) is 1. The number of benzene rings is 1. The Morgan fingerprint density at radius 1 is 1.20 bits per heavy atom. The molecule has 0 aromatic heterocycles. The van der Waals surface area contributed by atoms with Crippen LogP contribution in [0.2, 0.25) is 0 Å². The molecule has 158 valence electrons. The molecule has 1 spiro atoms. The third-order valence-corrected chi connectivity index (χ3v) is 6.88. The van der Waals surface area contributed by atoms with Crippen LogP contribution in [0, 0.1) is 11.8 Å². The number of hydrogen-bond acceptors (Lipinski definition) is 4. The molecule has 4 atom stereocenters. The number of carbonyl (C=O) groups is 3. The molecule has 7 heteroatoms. The topological polar surface area (TPSA) is 79.0 Å². The van der Waals surface area contributed by atoms with Gasteiger partial charge in [-0.25, -0.2) is 0 Å². The molecule has 4 heterocycles. The molecule has 1 N–H and O–H groups in total. The van der Waals surface area contributed by atoms with E-state index in [0.29, 0.717) is 32.1 Å². The standard InChI is InChI=1S/C23H27N3O4/c1-14(2)15-3-5-16(6-4-15)26-13-23-9-7-17(30-23)19(20(23)22(26)29)21(28)25-11-8-18(27)24-10-12-25/h3-7,9,14,17,19-20H,8,10-13H2,1-2H3,(H,24,27)/t17-,19-,20+,23-/m0/s1. The highest BCUT2D eigenvalue weighted by Gasteiger charge is 2.67. The second-order valence-corrected chi connectivity index (χ2v) is 9.00. The van der Waals surface area contributed by atoms with Crippen LogP contribution < -0.4 is 10.2 Å². The maximum atomic E-state index is 13.5. The number of rotatable bonds is 3. The van der Waals surface area contributed by atoms with Crippen LogP contribution in [0.15, 0.2) is 36.4 Å². The Morgan fingerprint density at radius 2 is 1.97 bits per heavy atom. The Hall–Kier alpha value is -2.67. The van der Waals surface area contributed by atoms with Crippen LogP contribution in [0.1, 0.15) is 31.7 Å². The molecule has 3 fully saturated rings. The van der Waals surface area contributed by atoms with Gasteiger partial charge in [0.15, 0.2) is 0 Å². The lowest BCUT2D eigenvalue weighted by Crippen LogP contribution is -2.47. The summed E-state index contributed by atoms with van der Waals surface area (Å²) >= 11 is 0. The first-order valence-electron chi connectivity index (χ1n) is 10.7. The van der Waals surface area contributed by atoms with Gasteiger partial charge in [0, 0.05) is 31.7 Å². The van der Waals surface area contributed by atoms with E-state index < -0.39 is 17.4 Å². The van der Waals surface area contributed by atoms with Crippen molar-refractivity contribution in [3.05, 3.63) is 42.0 Å². The summed E-state index contributed by atoms with van der Waals surface area (Å²) in [5, 5.41) is 2.80. The summed E-state index contributed by atoms with van der Waals surface area (Å²) in [7, 11) is 0. The number of amides is 3. The summed E-state index contributed by atoms with van der Waals surface area (Å²) < 4.78 is 6.24. The van der Waals surface area contributed by atoms with Crippen LogP contribution in [-0.2, 0) is 19.1 Å². The maximum absolute atomic E-state index is 13.5. The molecule has 1 aromatic rings. The summed E-state index contributed by atoms with van der Waals surface area (Å²) in [6, 6.07) is 8.06. The summed E-state index contributed by atoms with van der Waals surface area (Å²) in [6.07, 6.45) is 3.82. The molecular formula is C23H27N3O4. The molecule has 0 unspecified atom stereocenters. The van der Waals surface area contributed by atoms with E-state index in [1.807, 2.05) is 24.3 Å². The summed E-state index contributed by atoms with van der Waals surface area (Å²) in [5.41, 5.74) is 1.32. The summed E-state index contributed by atoms with van der Waals surface area (Å²) in [5.74, 6) is -0.809. The van der Waals surface area contributed by atoms with Crippen molar-refractivity contribution in [2.75, 3.05) is 31.1 Å². The van der Waals surface area contributed by atoms with E-state index >= 15 is 0 Å². The number of fused-ring (bicyclic) bond motifs is 1. The number of carbonyl (C=O) groups excluding carboxylic acids is 3. The molecule has 2 bridgehead atoms. The van der Waals surface area contributed by atoms with E-state index in [-0.39, 0.29) is 30.2 Å².